The summed E-state index contributed by atoms with van der Waals surface area (Å²) in [5.41, 5.74) is 0.819. The van der Waals surface area contributed by atoms with Crippen LogP contribution in [0.4, 0.5) is 4.79 Å². The SMILES string of the molecule is Cc1ncc(CNC(=O)NCc2ccc(S(=O)(=O)N(C)C(C)C)cc2)s1. The summed E-state index contributed by atoms with van der Waals surface area (Å²) < 4.78 is 26.2. The third kappa shape index (κ3) is 5.26. The van der Waals surface area contributed by atoms with Gasteiger partial charge in [-0.3, -0.25) is 0 Å². The highest BCUT2D eigenvalue weighted by molar-refractivity contribution is 7.89. The smallest absolute Gasteiger partial charge is 0.315 e. The fourth-order valence-corrected chi connectivity index (χ4v) is 4.22. The first-order chi connectivity index (χ1) is 12.2. The van der Waals surface area contributed by atoms with Gasteiger partial charge in [0.2, 0.25) is 10.0 Å². The number of aryl methyl sites for hydroxylation is 1. The molecule has 1 aromatic heterocycles. The lowest BCUT2D eigenvalue weighted by Crippen LogP contribution is -2.34. The van der Waals surface area contributed by atoms with Crippen molar-refractivity contribution in [1.82, 2.24) is 19.9 Å². The van der Waals surface area contributed by atoms with Gasteiger partial charge >= 0.3 is 6.03 Å². The third-order valence-electron chi connectivity index (χ3n) is 3.87. The molecular weight excluding hydrogens is 372 g/mol. The molecule has 1 heterocycles. The van der Waals surface area contributed by atoms with Crippen molar-refractivity contribution in [1.29, 1.82) is 0 Å². The number of nitrogens with zero attached hydrogens (tertiary/aromatic N) is 2. The molecule has 0 aliphatic rings. The van der Waals surface area contributed by atoms with Gasteiger partial charge in [-0.25, -0.2) is 18.2 Å². The van der Waals surface area contributed by atoms with Crippen LogP contribution in [0, 0.1) is 6.92 Å². The minimum atomic E-state index is -3.49. The Morgan fingerprint density at radius 1 is 1.19 bits per heavy atom. The summed E-state index contributed by atoms with van der Waals surface area (Å²) in [4.78, 5) is 17.2. The Morgan fingerprint density at radius 2 is 1.81 bits per heavy atom. The number of sulfonamides is 1. The minimum Gasteiger partial charge on any atom is -0.334 e. The lowest BCUT2D eigenvalue weighted by Gasteiger charge is -2.21. The van der Waals surface area contributed by atoms with Gasteiger partial charge in [0.25, 0.3) is 0 Å². The molecule has 2 N–H and O–H groups in total. The van der Waals surface area contributed by atoms with Gasteiger partial charge in [0.15, 0.2) is 0 Å². The van der Waals surface area contributed by atoms with E-state index in [1.54, 1.807) is 37.5 Å². The molecule has 9 heteroatoms. The molecule has 7 nitrogen and oxygen atoms in total. The number of urea groups is 1. The highest BCUT2D eigenvalue weighted by Crippen LogP contribution is 2.17. The van der Waals surface area contributed by atoms with E-state index in [-0.39, 0.29) is 17.0 Å². The van der Waals surface area contributed by atoms with Crippen LogP contribution in [0.3, 0.4) is 0 Å². The van der Waals surface area contributed by atoms with E-state index >= 15 is 0 Å². The molecule has 0 bridgehead atoms. The Labute approximate surface area is 158 Å². The number of thiazole rings is 1. The average Bonchev–Trinajstić information content (AvgIpc) is 3.03. The Hall–Kier alpha value is -1.97. The van der Waals surface area contributed by atoms with E-state index in [1.807, 2.05) is 20.8 Å². The summed E-state index contributed by atoms with van der Waals surface area (Å²) in [6, 6.07) is 6.12. The van der Waals surface area contributed by atoms with E-state index in [1.165, 1.54) is 15.6 Å². The first-order valence-corrected chi connectivity index (χ1v) is 10.5. The lowest BCUT2D eigenvalue weighted by molar-refractivity contribution is 0.240. The molecule has 0 radical (unpaired) electrons. The minimum absolute atomic E-state index is 0.118. The fourth-order valence-electron chi connectivity index (χ4n) is 2.12. The van der Waals surface area contributed by atoms with Gasteiger partial charge in [-0.1, -0.05) is 12.1 Å². The number of hydrogen-bond acceptors (Lipinski definition) is 5. The maximum absolute atomic E-state index is 12.4. The number of carbonyl (C=O) groups excluding carboxylic acids is 1. The van der Waals surface area contributed by atoms with Crippen LogP contribution in [0.2, 0.25) is 0 Å². The molecule has 2 rings (SSSR count). The molecule has 0 unspecified atom stereocenters. The summed E-state index contributed by atoms with van der Waals surface area (Å²) >= 11 is 1.54. The van der Waals surface area contributed by atoms with Gasteiger partial charge in [-0.2, -0.15) is 4.31 Å². The molecule has 0 aliphatic carbocycles. The van der Waals surface area contributed by atoms with E-state index in [9.17, 15) is 13.2 Å². The zero-order valence-corrected chi connectivity index (χ0v) is 16.9. The van der Waals surface area contributed by atoms with Gasteiger partial charge in [0.1, 0.15) is 0 Å². The van der Waals surface area contributed by atoms with Crippen LogP contribution in [-0.2, 0) is 23.1 Å². The van der Waals surface area contributed by atoms with Gasteiger partial charge in [-0.05, 0) is 38.5 Å². The molecule has 2 amide bonds. The van der Waals surface area contributed by atoms with Crippen LogP contribution in [0.25, 0.3) is 0 Å². The van der Waals surface area contributed by atoms with Gasteiger partial charge in [0.05, 0.1) is 16.4 Å². The van der Waals surface area contributed by atoms with Crippen molar-refractivity contribution >= 4 is 27.4 Å². The summed E-state index contributed by atoms with van der Waals surface area (Å²) in [7, 11) is -1.93. The number of aromatic nitrogens is 1. The Kier molecular flexibility index (Phi) is 6.74. The molecule has 0 spiro atoms. The summed E-state index contributed by atoms with van der Waals surface area (Å²) in [5, 5.41) is 6.47. The van der Waals surface area contributed by atoms with Crippen molar-refractivity contribution in [3.63, 3.8) is 0 Å². The maximum Gasteiger partial charge on any atom is 0.315 e. The molecule has 2 aromatic rings. The Morgan fingerprint density at radius 3 is 2.35 bits per heavy atom. The first kappa shape index (κ1) is 20.3. The molecule has 0 saturated heterocycles. The average molecular weight is 397 g/mol. The van der Waals surface area contributed by atoms with E-state index in [4.69, 9.17) is 0 Å². The number of hydrogen-bond donors (Lipinski definition) is 2. The second kappa shape index (κ2) is 8.61. The quantitative estimate of drug-likeness (QED) is 0.752. The highest BCUT2D eigenvalue weighted by Gasteiger charge is 2.22. The largest absolute Gasteiger partial charge is 0.334 e. The molecule has 142 valence electrons. The second-order valence-corrected chi connectivity index (χ2v) is 9.46. The number of amides is 2. The van der Waals surface area contributed by atoms with E-state index in [0.29, 0.717) is 13.1 Å². The first-order valence-electron chi connectivity index (χ1n) is 8.20. The summed E-state index contributed by atoms with van der Waals surface area (Å²) in [6.45, 7) is 6.30. The van der Waals surface area contributed by atoms with E-state index in [2.05, 4.69) is 15.6 Å². The third-order valence-corrected chi connectivity index (χ3v) is 6.83. The molecule has 1 aromatic carbocycles. The molecule has 0 saturated carbocycles. The highest BCUT2D eigenvalue weighted by atomic mass is 32.2. The van der Waals surface area contributed by atoms with Gasteiger partial charge in [-0.15, -0.1) is 11.3 Å². The summed E-state index contributed by atoms with van der Waals surface area (Å²) in [6.07, 6.45) is 1.74. The van der Waals surface area contributed by atoms with E-state index in [0.717, 1.165) is 15.4 Å². The van der Waals surface area contributed by atoms with Crippen LogP contribution >= 0.6 is 11.3 Å². The zero-order chi connectivity index (χ0) is 19.3. The van der Waals surface area contributed by atoms with E-state index < -0.39 is 10.0 Å². The molecule has 0 aliphatic heterocycles. The van der Waals surface area contributed by atoms with Crippen LogP contribution < -0.4 is 10.6 Å². The van der Waals surface area contributed by atoms with Crippen molar-refractivity contribution in [2.45, 2.75) is 44.8 Å². The predicted octanol–water partition coefficient (Wildman–Crippen LogP) is 2.48. The van der Waals surface area contributed by atoms with Crippen molar-refractivity contribution in [2.75, 3.05) is 7.05 Å². The monoisotopic (exact) mass is 396 g/mol. The van der Waals surface area contributed by atoms with Crippen LogP contribution in [0.15, 0.2) is 35.4 Å². The Balaban J connectivity index is 1.88. The fraction of sp³-hybridized carbons (Fsp3) is 0.412. The number of nitrogens with one attached hydrogen (secondary N) is 2. The topological polar surface area (TPSA) is 91.4 Å². The van der Waals surface area contributed by atoms with Crippen molar-refractivity contribution in [2.24, 2.45) is 0 Å². The number of carbonyl (C=O) groups is 1. The molecule has 0 atom stereocenters. The van der Waals surface area contributed by atoms with Crippen LogP contribution in [0.1, 0.15) is 29.3 Å². The summed E-state index contributed by atoms with van der Waals surface area (Å²) in [5.74, 6) is 0. The Bertz CT molecular complexity index is 845. The standard InChI is InChI=1S/C17H24N4O3S2/c1-12(2)21(4)26(23,24)16-7-5-14(6-8-16)9-19-17(22)20-11-15-10-18-13(3)25-15/h5-8,10,12H,9,11H2,1-4H3,(H2,19,20,22). The molecular formula is C17H24N4O3S2. The van der Waals surface area contributed by atoms with Gasteiger partial charge < -0.3 is 10.6 Å². The van der Waals surface area contributed by atoms with Crippen LogP contribution in [0.5, 0.6) is 0 Å². The normalized spacial score (nSPS) is 11.8. The number of benzene rings is 1. The van der Waals surface area contributed by atoms with Crippen molar-refractivity contribution < 1.29 is 13.2 Å². The second-order valence-electron chi connectivity index (χ2n) is 6.14. The predicted molar refractivity (Wildman–Crippen MR) is 102 cm³/mol. The molecule has 26 heavy (non-hydrogen) atoms. The van der Waals surface area contributed by atoms with Gasteiger partial charge in [0, 0.05) is 30.7 Å². The maximum atomic E-state index is 12.4. The zero-order valence-electron chi connectivity index (χ0n) is 15.3. The lowest BCUT2D eigenvalue weighted by atomic mass is 10.2. The van der Waals surface area contributed by atoms with Crippen molar-refractivity contribution in [3.8, 4) is 0 Å². The molecule has 0 fully saturated rings. The number of rotatable bonds is 7. The van der Waals surface area contributed by atoms with Crippen LogP contribution in [-0.4, -0.2) is 36.8 Å². The van der Waals surface area contributed by atoms with Crippen molar-refractivity contribution in [3.05, 3.63) is 45.9 Å².